The fourth-order valence-corrected chi connectivity index (χ4v) is 4.64. The molecular formula is C15H20N6S2. The van der Waals surface area contributed by atoms with Crippen molar-refractivity contribution in [1.29, 1.82) is 0 Å². The van der Waals surface area contributed by atoms with Crippen LogP contribution in [0.4, 0.5) is 5.13 Å². The van der Waals surface area contributed by atoms with Crippen LogP contribution in [0.15, 0.2) is 6.20 Å². The molecule has 1 aliphatic heterocycles. The van der Waals surface area contributed by atoms with Crippen LogP contribution in [-0.4, -0.2) is 49.8 Å². The number of fused-ring (bicyclic) bond motifs is 1. The molecule has 1 fully saturated rings. The Bertz CT molecular complexity index is 824. The number of nitrogens with zero attached hydrogens (tertiary/aromatic N) is 6. The summed E-state index contributed by atoms with van der Waals surface area (Å²) in [4.78, 5) is 16.5. The van der Waals surface area contributed by atoms with Crippen molar-refractivity contribution >= 4 is 33.0 Å². The van der Waals surface area contributed by atoms with Crippen molar-refractivity contribution in [2.45, 2.75) is 27.3 Å². The van der Waals surface area contributed by atoms with Gasteiger partial charge in [-0.3, -0.25) is 9.30 Å². The van der Waals surface area contributed by atoms with Gasteiger partial charge in [0.05, 0.1) is 11.4 Å². The first kappa shape index (κ1) is 15.0. The van der Waals surface area contributed by atoms with Gasteiger partial charge in [-0.25, -0.2) is 9.97 Å². The highest BCUT2D eigenvalue weighted by Crippen LogP contribution is 2.23. The Balaban J connectivity index is 1.45. The molecule has 23 heavy (non-hydrogen) atoms. The quantitative estimate of drug-likeness (QED) is 0.728. The van der Waals surface area contributed by atoms with E-state index in [0.717, 1.165) is 54.3 Å². The molecule has 0 radical (unpaired) electrons. The van der Waals surface area contributed by atoms with E-state index < -0.39 is 0 Å². The van der Waals surface area contributed by atoms with E-state index in [1.165, 1.54) is 22.1 Å². The molecule has 6 nitrogen and oxygen atoms in total. The van der Waals surface area contributed by atoms with Crippen LogP contribution >= 0.6 is 22.9 Å². The van der Waals surface area contributed by atoms with E-state index in [1.807, 2.05) is 6.92 Å². The standard InChI is InChI=1S/C15H20N6S2/c1-10-8-21-13(11(2)16-15(21)22-10)9-19-4-6-20(7-5-19)14-17-12(3)18-23-14/h8H,4-7,9H2,1-3H3. The van der Waals surface area contributed by atoms with Crippen LogP contribution in [0.1, 0.15) is 22.1 Å². The highest BCUT2D eigenvalue weighted by molar-refractivity contribution is 7.17. The molecule has 0 unspecified atom stereocenters. The van der Waals surface area contributed by atoms with Gasteiger partial charge < -0.3 is 4.90 Å². The lowest BCUT2D eigenvalue weighted by atomic mass is 10.2. The Kier molecular flexibility index (Phi) is 3.82. The molecule has 0 N–H and O–H groups in total. The summed E-state index contributed by atoms with van der Waals surface area (Å²) in [5, 5.41) is 1.05. The molecule has 3 aromatic rings. The highest BCUT2D eigenvalue weighted by Gasteiger charge is 2.21. The van der Waals surface area contributed by atoms with Crippen molar-refractivity contribution in [3.8, 4) is 0 Å². The van der Waals surface area contributed by atoms with Crippen LogP contribution in [0.5, 0.6) is 0 Å². The van der Waals surface area contributed by atoms with Gasteiger partial charge >= 0.3 is 0 Å². The molecule has 8 heteroatoms. The average Bonchev–Trinajstić information content (AvgIpc) is 3.17. The molecule has 1 saturated heterocycles. The van der Waals surface area contributed by atoms with Gasteiger partial charge in [-0.1, -0.05) is 0 Å². The lowest BCUT2D eigenvalue weighted by Gasteiger charge is -2.34. The van der Waals surface area contributed by atoms with Crippen LogP contribution in [0.3, 0.4) is 0 Å². The van der Waals surface area contributed by atoms with Gasteiger partial charge in [0.15, 0.2) is 4.96 Å². The third-order valence-corrected chi connectivity index (χ3v) is 6.04. The van der Waals surface area contributed by atoms with Gasteiger partial charge in [-0.15, -0.1) is 11.3 Å². The number of hydrogen-bond donors (Lipinski definition) is 0. The Morgan fingerprint density at radius 1 is 1.09 bits per heavy atom. The largest absolute Gasteiger partial charge is 0.344 e. The minimum absolute atomic E-state index is 0.873. The molecule has 0 amide bonds. The molecule has 4 heterocycles. The SMILES string of the molecule is Cc1nsc(N2CCN(Cc3c(C)nc4sc(C)cn34)CC2)n1. The first-order valence-electron chi connectivity index (χ1n) is 7.82. The van der Waals surface area contributed by atoms with Gasteiger partial charge in [-0.2, -0.15) is 4.37 Å². The molecule has 0 aromatic carbocycles. The first-order valence-corrected chi connectivity index (χ1v) is 9.41. The van der Waals surface area contributed by atoms with Crippen molar-refractivity contribution in [1.82, 2.24) is 23.6 Å². The summed E-state index contributed by atoms with van der Waals surface area (Å²) in [5.41, 5.74) is 2.47. The fourth-order valence-electron chi connectivity index (χ4n) is 3.02. The molecule has 0 bridgehead atoms. The van der Waals surface area contributed by atoms with E-state index in [9.17, 15) is 0 Å². The predicted molar refractivity (Wildman–Crippen MR) is 94.7 cm³/mol. The summed E-state index contributed by atoms with van der Waals surface area (Å²) in [7, 11) is 0. The van der Waals surface area contributed by atoms with Crippen LogP contribution in [0.25, 0.3) is 4.96 Å². The summed E-state index contributed by atoms with van der Waals surface area (Å²) in [6.07, 6.45) is 2.20. The van der Waals surface area contributed by atoms with Gasteiger partial charge in [0, 0.05) is 55.3 Å². The second kappa shape index (κ2) is 5.85. The number of rotatable bonds is 3. The summed E-state index contributed by atoms with van der Waals surface area (Å²) in [6.45, 7) is 11.3. The number of imidazole rings is 1. The van der Waals surface area contributed by atoms with E-state index in [2.05, 4.69) is 43.6 Å². The number of thiazole rings is 1. The number of aryl methyl sites for hydroxylation is 3. The molecule has 4 rings (SSSR count). The zero-order chi connectivity index (χ0) is 16.0. The minimum atomic E-state index is 0.873. The number of hydrogen-bond acceptors (Lipinski definition) is 7. The van der Waals surface area contributed by atoms with E-state index in [0.29, 0.717) is 0 Å². The average molecular weight is 349 g/mol. The molecule has 3 aromatic heterocycles. The molecule has 0 aliphatic carbocycles. The van der Waals surface area contributed by atoms with Gasteiger partial charge in [0.1, 0.15) is 5.82 Å². The number of piperazine rings is 1. The van der Waals surface area contributed by atoms with Gasteiger partial charge in [0.25, 0.3) is 0 Å². The molecule has 0 atom stereocenters. The van der Waals surface area contributed by atoms with Crippen LogP contribution in [0.2, 0.25) is 0 Å². The van der Waals surface area contributed by atoms with Gasteiger partial charge in [-0.05, 0) is 20.8 Å². The van der Waals surface area contributed by atoms with E-state index >= 15 is 0 Å². The number of aromatic nitrogens is 4. The maximum atomic E-state index is 4.69. The van der Waals surface area contributed by atoms with Crippen molar-refractivity contribution in [2.24, 2.45) is 0 Å². The smallest absolute Gasteiger partial charge is 0.205 e. The Morgan fingerprint density at radius 3 is 2.57 bits per heavy atom. The lowest BCUT2D eigenvalue weighted by molar-refractivity contribution is 0.246. The Morgan fingerprint density at radius 2 is 1.87 bits per heavy atom. The van der Waals surface area contributed by atoms with Crippen LogP contribution in [0, 0.1) is 20.8 Å². The van der Waals surface area contributed by atoms with E-state index in [-0.39, 0.29) is 0 Å². The molecular weight excluding hydrogens is 328 g/mol. The highest BCUT2D eigenvalue weighted by atomic mass is 32.1. The van der Waals surface area contributed by atoms with Crippen LogP contribution in [-0.2, 0) is 6.54 Å². The number of anilines is 1. The third kappa shape index (κ3) is 2.86. The normalized spacial score (nSPS) is 16.6. The third-order valence-electron chi connectivity index (χ3n) is 4.27. The fraction of sp³-hybridized carbons (Fsp3) is 0.533. The van der Waals surface area contributed by atoms with Crippen LogP contribution < -0.4 is 4.90 Å². The van der Waals surface area contributed by atoms with Crippen molar-refractivity contribution in [3.05, 3.63) is 28.3 Å². The molecule has 0 saturated carbocycles. The zero-order valence-electron chi connectivity index (χ0n) is 13.6. The second-order valence-corrected chi connectivity index (χ2v) is 7.97. The van der Waals surface area contributed by atoms with E-state index in [1.54, 1.807) is 11.3 Å². The maximum absolute atomic E-state index is 4.69. The monoisotopic (exact) mass is 348 g/mol. The minimum Gasteiger partial charge on any atom is -0.344 e. The summed E-state index contributed by atoms with van der Waals surface area (Å²) < 4.78 is 6.54. The summed E-state index contributed by atoms with van der Waals surface area (Å²) in [6, 6.07) is 0. The van der Waals surface area contributed by atoms with Crippen molar-refractivity contribution in [2.75, 3.05) is 31.1 Å². The topological polar surface area (TPSA) is 49.6 Å². The maximum Gasteiger partial charge on any atom is 0.205 e. The van der Waals surface area contributed by atoms with E-state index in [4.69, 9.17) is 4.98 Å². The zero-order valence-corrected chi connectivity index (χ0v) is 15.2. The lowest BCUT2D eigenvalue weighted by Crippen LogP contribution is -2.46. The van der Waals surface area contributed by atoms with Crippen molar-refractivity contribution < 1.29 is 0 Å². The molecule has 122 valence electrons. The van der Waals surface area contributed by atoms with Gasteiger partial charge in [0.2, 0.25) is 5.13 Å². The molecule has 1 aliphatic rings. The van der Waals surface area contributed by atoms with Crippen molar-refractivity contribution in [3.63, 3.8) is 0 Å². The molecule has 0 spiro atoms. The summed E-state index contributed by atoms with van der Waals surface area (Å²) in [5.74, 6) is 0.873. The first-order chi connectivity index (χ1) is 11.1. The predicted octanol–water partition coefficient (Wildman–Crippen LogP) is 2.49. The Labute approximate surface area is 143 Å². The Hall–Kier alpha value is -1.51. The summed E-state index contributed by atoms with van der Waals surface area (Å²) >= 11 is 3.26. The second-order valence-electron chi connectivity index (χ2n) is 6.03.